The van der Waals surface area contributed by atoms with Crippen LogP contribution in [0.4, 0.5) is 0 Å². The van der Waals surface area contributed by atoms with Crippen molar-refractivity contribution in [2.45, 2.75) is 72.6 Å². The molecule has 0 radical (unpaired) electrons. The first kappa shape index (κ1) is 21.5. The van der Waals surface area contributed by atoms with Crippen molar-refractivity contribution in [3.8, 4) is 0 Å². The van der Waals surface area contributed by atoms with Crippen molar-refractivity contribution in [2.24, 2.45) is 40.4 Å². The first-order valence-electron chi connectivity index (χ1n) is 11.8. The Morgan fingerprint density at radius 3 is 2.70 bits per heavy atom. The Balaban J connectivity index is 1.57. The lowest BCUT2D eigenvalue weighted by molar-refractivity contribution is -0.141. The van der Waals surface area contributed by atoms with E-state index >= 15 is 0 Å². The molecule has 4 rings (SSSR count). The van der Waals surface area contributed by atoms with Gasteiger partial charge in [0.25, 0.3) is 0 Å². The van der Waals surface area contributed by atoms with E-state index in [9.17, 15) is 14.4 Å². The molecule has 3 fully saturated rings. The SMILES string of the molecule is CCOC(=O)/C=C/[C@@H](C)[C@H]1CC[C@H]2[C@@H]3C(=O)CC4=CC(=O)CC[C@]4(C)[C@H]3CC[C@]12C. The van der Waals surface area contributed by atoms with Crippen molar-refractivity contribution >= 4 is 17.5 Å². The van der Waals surface area contributed by atoms with E-state index in [2.05, 4.69) is 20.8 Å². The molecule has 7 atom stereocenters. The van der Waals surface area contributed by atoms with Crippen molar-refractivity contribution in [2.75, 3.05) is 6.61 Å². The number of fused-ring (bicyclic) bond motifs is 5. The molecule has 4 nitrogen and oxygen atoms in total. The second-order valence-corrected chi connectivity index (χ2v) is 10.6. The number of rotatable bonds is 4. The molecule has 164 valence electrons. The molecule has 0 bridgehead atoms. The van der Waals surface area contributed by atoms with Crippen molar-refractivity contribution in [3.63, 3.8) is 0 Å². The van der Waals surface area contributed by atoms with Gasteiger partial charge >= 0.3 is 5.97 Å². The minimum absolute atomic E-state index is 0.0152. The number of carbonyl (C=O) groups excluding carboxylic acids is 3. The van der Waals surface area contributed by atoms with E-state index in [1.165, 1.54) is 0 Å². The van der Waals surface area contributed by atoms with E-state index in [4.69, 9.17) is 4.74 Å². The predicted octanol–water partition coefficient (Wildman–Crippen LogP) is 5.07. The average molecular weight is 413 g/mol. The molecule has 3 saturated carbocycles. The molecule has 0 N–H and O–H groups in total. The van der Waals surface area contributed by atoms with E-state index in [1.54, 1.807) is 12.2 Å². The van der Waals surface area contributed by atoms with Gasteiger partial charge in [-0.1, -0.05) is 32.4 Å². The van der Waals surface area contributed by atoms with Crippen LogP contribution < -0.4 is 0 Å². The summed E-state index contributed by atoms with van der Waals surface area (Å²) in [4.78, 5) is 37.1. The Bertz CT molecular complexity index is 808. The van der Waals surface area contributed by atoms with Gasteiger partial charge in [0.05, 0.1) is 6.61 Å². The van der Waals surface area contributed by atoms with Gasteiger partial charge in [-0.25, -0.2) is 4.79 Å². The summed E-state index contributed by atoms with van der Waals surface area (Å²) < 4.78 is 5.04. The Morgan fingerprint density at radius 2 is 1.97 bits per heavy atom. The minimum atomic E-state index is -0.269. The van der Waals surface area contributed by atoms with Crippen LogP contribution in [0.25, 0.3) is 0 Å². The summed E-state index contributed by atoms with van der Waals surface area (Å²) >= 11 is 0. The van der Waals surface area contributed by atoms with Gasteiger partial charge in [0, 0.05) is 24.8 Å². The summed E-state index contributed by atoms with van der Waals surface area (Å²) in [6, 6.07) is 0. The highest BCUT2D eigenvalue weighted by molar-refractivity contribution is 5.95. The maximum Gasteiger partial charge on any atom is 0.330 e. The average Bonchev–Trinajstić information content (AvgIpc) is 3.05. The predicted molar refractivity (Wildman–Crippen MR) is 116 cm³/mol. The Morgan fingerprint density at radius 1 is 1.20 bits per heavy atom. The third-order valence-electron chi connectivity index (χ3n) is 9.32. The van der Waals surface area contributed by atoms with Gasteiger partial charge in [-0.2, -0.15) is 0 Å². The number of Topliss-reactive ketones (excluding diaryl/α,β-unsaturated/α-hetero) is 1. The van der Waals surface area contributed by atoms with Gasteiger partial charge in [0.15, 0.2) is 5.78 Å². The first-order chi connectivity index (χ1) is 14.2. The Labute approximate surface area is 180 Å². The molecule has 30 heavy (non-hydrogen) atoms. The zero-order valence-corrected chi connectivity index (χ0v) is 18.9. The second kappa shape index (κ2) is 7.76. The van der Waals surface area contributed by atoms with Gasteiger partial charge in [0.2, 0.25) is 0 Å². The smallest absolute Gasteiger partial charge is 0.330 e. The van der Waals surface area contributed by atoms with Crippen LogP contribution in [0.15, 0.2) is 23.8 Å². The van der Waals surface area contributed by atoms with Gasteiger partial charge in [-0.15, -0.1) is 0 Å². The third kappa shape index (κ3) is 3.31. The van der Waals surface area contributed by atoms with Crippen LogP contribution in [-0.2, 0) is 19.1 Å². The summed E-state index contributed by atoms with van der Waals surface area (Å²) in [5.74, 6) is 1.99. The summed E-state index contributed by atoms with van der Waals surface area (Å²) in [7, 11) is 0. The number of allylic oxidation sites excluding steroid dienone is 2. The van der Waals surface area contributed by atoms with Gasteiger partial charge < -0.3 is 4.74 Å². The molecule has 4 heteroatoms. The van der Waals surface area contributed by atoms with Crippen LogP contribution in [0, 0.1) is 40.4 Å². The molecule has 0 saturated heterocycles. The highest BCUT2D eigenvalue weighted by atomic mass is 16.5. The number of hydrogen-bond donors (Lipinski definition) is 0. The lowest BCUT2D eigenvalue weighted by atomic mass is 9.46. The van der Waals surface area contributed by atoms with Gasteiger partial charge in [0.1, 0.15) is 5.78 Å². The number of carbonyl (C=O) groups is 3. The molecular weight excluding hydrogens is 376 g/mol. The number of esters is 1. The van der Waals surface area contributed by atoms with E-state index in [-0.39, 0.29) is 34.4 Å². The monoisotopic (exact) mass is 412 g/mol. The van der Waals surface area contributed by atoms with E-state index in [0.29, 0.717) is 43.0 Å². The van der Waals surface area contributed by atoms with Crippen LogP contribution in [0.2, 0.25) is 0 Å². The lowest BCUT2D eigenvalue weighted by Crippen LogP contribution is -2.54. The summed E-state index contributed by atoms with van der Waals surface area (Å²) in [6.07, 6.45) is 11.8. The van der Waals surface area contributed by atoms with Crippen molar-refractivity contribution in [1.82, 2.24) is 0 Å². The highest BCUT2D eigenvalue weighted by Crippen LogP contribution is 2.66. The fraction of sp³-hybridized carbons (Fsp3) is 0.731. The molecule has 4 aliphatic rings. The number of hydrogen-bond acceptors (Lipinski definition) is 4. The molecule has 0 aromatic heterocycles. The third-order valence-corrected chi connectivity index (χ3v) is 9.32. The van der Waals surface area contributed by atoms with Crippen LogP contribution in [0.3, 0.4) is 0 Å². The van der Waals surface area contributed by atoms with E-state index < -0.39 is 0 Å². The maximum atomic E-state index is 13.4. The van der Waals surface area contributed by atoms with E-state index in [0.717, 1.165) is 37.7 Å². The second-order valence-electron chi connectivity index (χ2n) is 10.6. The lowest BCUT2D eigenvalue weighted by Gasteiger charge is -2.57. The molecule has 0 unspecified atom stereocenters. The van der Waals surface area contributed by atoms with Crippen LogP contribution >= 0.6 is 0 Å². The standard InChI is InChI=1S/C26H36O4/c1-5-30-23(29)9-6-16(2)19-7-8-20-24-21(11-13-26(19,20)4)25(3)12-10-18(27)14-17(25)15-22(24)28/h6,9,14,16,19-21,24H,5,7-8,10-13,15H2,1-4H3/b9-6+/t16-,19-,20+,21+,24+,25+,26-/m1/s1. The summed E-state index contributed by atoms with van der Waals surface area (Å²) in [5, 5.41) is 0. The minimum Gasteiger partial charge on any atom is -0.463 e. The fourth-order valence-electron chi connectivity index (χ4n) is 7.72. The topological polar surface area (TPSA) is 60.4 Å². The van der Waals surface area contributed by atoms with E-state index in [1.807, 2.05) is 13.0 Å². The molecule has 0 amide bonds. The Kier molecular flexibility index (Phi) is 5.57. The van der Waals surface area contributed by atoms with Crippen molar-refractivity contribution in [3.05, 3.63) is 23.8 Å². The quantitative estimate of drug-likeness (QED) is 0.478. The van der Waals surface area contributed by atoms with Crippen molar-refractivity contribution < 1.29 is 19.1 Å². The molecule has 4 aliphatic carbocycles. The first-order valence-corrected chi connectivity index (χ1v) is 11.8. The Hall–Kier alpha value is -1.71. The maximum absolute atomic E-state index is 13.4. The van der Waals surface area contributed by atoms with Crippen LogP contribution in [-0.4, -0.2) is 24.1 Å². The zero-order chi connectivity index (χ0) is 21.7. The number of ketones is 2. The zero-order valence-electron chi connectivity index (χ0n) is 18.9. The normalized spacial score (nSPS) is 41.7. The largest absolute Gasteiger partial charge is 0.463 e. The molecule has 0 spiro atoms. The van der Waals surface area contributed by atoms with Crippen molar-refractivity contribution in [1.29, 1.82) is 0 Å². The summed E-state index contributed by atoms with van der Waals surface area (Å²) in [5.41, 5.74) is 1.26. The van der Waals surface area contributed by atoms with Gasteiger partial charge in [-0.05, 0) is 79.6 Å². The van der Waals surface area contributed by atoms with Gasteiger partial charge in [-0.3, -0.25) is 9.59 Å². The van der Waals surface area contributed by atoms with Crippen LogP contribution in [0.5, 0.6) is 0 Å². The molecular formula is C26H36O4. The van der Waals surface area contributed by atoms with Crippen LogP contribution in [0.1, 0.15) is 72.6 Å². The molecule has 0 aliphatic heterocycles. The number of ether oxygens (including phenoxy) is 1. The summed E-state index contributed by atoms with van der Waals surface area (Å²) in [6.45, 7) is 9.13. The molecule has 0 heterocycles. The molecule has 0 aromatic rings. The molecule has 0 aromatic carbocycles. The fourth-order valence-corrected chi connectivity index (χ4v) is 7.72. The highest BCUT2D eigenvalue weighted by Gasteiger charge is 2.61.